The smallest absolute Gasteiger partial charge is 0.222 e. The van der Waals surface area contributed by atoms with E-state index in [4.69, 9.17) is 10.5 Å². The van der Waals surface area contributed by atoms with Crippen LogP contribution in [0.2, 0.25) is 0 Å². The highest BCUT2D eigenvalue weighted by Crippen LogP contribution is 2.22. The van der Waals surface area contributed by atoms with Gasteiger partial charge in [-0.25, -0.2) is 4.98 Å². The highest BCUT2D eigenvalue weighted by atomic mass is 16.5. The summed E-state index contributed by atoms with van der Waals surface area (Å²) < 4.78 is 5.83. The Kier molecular flexibility index (Phi) is 7.87. The third kappa shape index (κ3) is 6.44. The number of nitrogens with two attached hydrogens (primary N) is 1. The lowest BCUT2D eigenvalue weighted by molar-refractivity contribution is 0.304. The lowest BCUT2D eigenvalue weighted by atomic mass is 10.1. The topological polar surface area (TPSA) is 73.1 Å². The second-order valence-corrected chi connectivity index (χ2v) is 5.87. The summed E-state index contributed by atoms with van der Waals surface area (Å²) in [4.78, 5) is 8.25. The zero-order valence-corrected chi connectivity index (χ0v) is 14.5. The van der Waals surface area contributed by atoms with Crippen LogP contribution in [0.4, 0.5) is 11.8 Å². The number of unbranched alkanes of at least 4 members (excludes halogenated alkanes) is 3. The molecule has 0 radical (unpaired) electrons. The molecule has 0 saturated heterocycles. The van der Waals surface area contributed by atoms with Crippen molar-refractivity contribution >= 4 is 11.8 Å². The molecule has 0 aliphatic carbocycles. The number of aromatic nitrogens is 2. The van der Waals surface area contributed by atoms with E-state index >= 15 is 0 Å². The fourth-order valence-corrected chi connectivity index (χ4v) is 2.44. The van der Waals surface area contributed by atoms with Crippen LogP contribution < -0.4 is 15.8 Å². The minimum Gasteiger partial charge on any atom is -0.488 e. The van der Waals surface area contributed by atoms with Crippen LogP contribution in [0.3, 0.4) is 0 Å². The van der Waals surface area contributed by atoms with E-state index in [2.05, 4.69) is 52.5 Å². The van der Waals surface area contributed by atoms with Crippen molar-refractivity contribution in [2.24, 2.45) is 0 Å². The first-order valence-electron chi connectivity index (χ1n) is 8.82. The number of benzene rings is 1. The Balaban J connectivity index is 1.69. The Labute approximate surface area is 144 Å². The Bertz CT molecular complexity index is 589. The van der Waals surface area contributed by atoms with E-state index in [0.717, 1.165) is 38.6 Å². The Morgan fingerprint density at radius 3 is 2.71 bits per heavy atom. The molecule has 0 amide bonds. The molecule has 2 rings (SSSR count). The van der Waals surface area contributed by atoms with Gasteiger partial charge in [0, 0.05) is 6.54 Å². The van der Waals surface area contributed by atoms with Crippen molar-refractivity contribution in [3.8, 4) is 5.75 Å². The van der Waals surface area contributed by atoms with Gasteiger partial charge in [-0.15, -0.1) is 0 Å². The summed E-state index contributed by atoms with van der Waals surface area (Å²) in [5.41, 5.74) is 7.06. The number of anilines is 2. The standard InChI is InChI=1S/C19H28N4O/c1-2-3-13-21-18-17(15-22-19(20)23-18)24-14-9-5-8-12-16-10-6-4-7-11-16/h4,6-7,10-11,15H,2-3,5,8-9,12-14H2,1H3,(H3,20,21,22,23). The molecule has 1 aromatic heterocycles. The SMILES string of the molecule is CCCCNc1nc(N)ncc1OCCCCCc1ccccc1. The van der Waals surface area contributed by atoms with E-state index in [0.29, 0.717) is 18.2 Å². The molecule has 0 unspecified atom stereocenters. The number of aryl methyl sites for hydroxylation is 1. The van der Waals surface area contributed by atoms with Crippen molar-refractivity contribution in [1.29, 1.82) is 0 Å². The fraction of sp³-hybridized carbons (Fsp3) is 0.474. The Morgan fingerprint density at radius 2 is 1.92 bits per heavy atom. The number of nitrogens with one attached hydrogen (secondary N) is 1. The normalized spacial score (nSPS) is 10.5. The summed E-state index contributed by atoms with van der Waals surface area (Å²) >= 11 is 0. The zero-order valence-electron chi connectivity index (χ0n) is 14.5. The van der Waals surface area contributed by atoms with Crippen LogP contribution in [0.15, 0.2) is 36.5 Å². The van der Waals surface area contributed by atoms with Crippen LogP contribution in [0, 0.1) is 0 Å². The van der Waals surface area contributed by atoms with E-state index in [9.17, 15) is 0 Å². The van der Waals surface area contributed by atoms with Gasteiger partial charge in [-0.1, -0.05) is 43.7 Å². The molecular formula is C19H28N4O. The number of hydrogen-bond donors (Lipinski definition) is 2. The summed E-state index contributed by atoms with van der Waals surface area (Å²) in [6.07, 6.45) is 8.33. The summed E-state index contributed by atoms with van der Waals surface area (Å²) in [5.74, 6) is 1.65. The quantitative estimate of drug-likeness (QED) is 0.608. The van der Waals surface area contributed by atoms with Crippen molar-refractivity contribution in [3.63, 3.8) is 0 Å². The molecule has 5 nitrogen and oxygen atoms in total. The van der Waals surface area contributed by atoms with Crippen LogP contribution in [0.25, 0.3) is 0 Å². The molecule has 0 aliphatic heterocycles. The summed E-state index contributed by atoms with van der Waals surface area (Å²) in [6.45, 7) is 3.69. The van der Waals surface area contributed by atoms with Gasteiger partial charge >= 0.3 is 0 Å². The molecule has 0 fully saturated rings. The van der Waals surface area contributed by atoms with Crippen LogP contribution in [0.5, 0.6) is 5.75 Å². The van der Waals surface area contributed by atoms with Crippen LogP contribution in [-0.4, -0.2) is 23.1 Å². The maximum Gasteiger partial charge on any atom is 0.222 e. The summed E-state index contributed by atoms with van der Waals surface area (Å²) in [5, 5.41) is 3.27. The molecule has 0 saturated carbocycles. The lowest BCUT2D eigenvalue weighted by Gasteiger charge is -2.12. The predicted octanol–water partition coefficient (Wildman–Crippen LogP) is 4.06. The van der Waals surface area contributed by atoms with E-state index in [-0.39, 0.29) is 5.95 Å². The molecule has 24 heavy (non-hydrogen) atoms. The van der Waals surface area contributed by atoms with E-state index in [1.54, 1.807) is 6.20 Å². The van der Waals surface area contributed by atoms with Gasteiger partial charge in [0.25, 0.3) is 0 Å². The van der Waals surface area contributed by atoms with Gasteiger partial charge in [0.15, 0.2) is 11.6 Å². The molecule has 0 atom stereocenters. The van der Waals surface area contributed by atoms with Gasteiger partial charge < -0.3 is 15.8 Å². The maximum atomic E-state index is 5.83. The maximum absolute atomic E-state index is 5.83. The minimum atomic E-state index is 0.268. The Hall–Kier alpha value is -2.30. The van der Waals surface area contributed by atoms with Crippen LogP contribution in [0.1, 0.15) is 44.6 Å². The molecule has 130 valence electrons. The predicted molar refractivity (Wildman–Crippen MR) is 99.3 cm³/mol. The molecule has 0 bridgehead atoms. The number of nitrogen functional groups attached to an aromatic ring is 1. The van der Waals surface area contributed by atoms with Crippen molar-refractivity contribution in [1.82, 2.24) is 9.97 Å². The molecule has 2 aromatic rings. The minimum absolute atomic E-state index is 0.268. The van der Waals surface area contributed by atoms with Crippen molar-refractivity contribution < 1.29 is 4.74 Å². The second-order valence-electron chi connectivity index (χ2n) is 5.87. The molecular weight excluding hydrogens is 300 g/mol. The monoisotopic (exact) mass is 328 g/mol. The van der Waals surface area contributed by atoms with Crippen LogP contribution >= 0.6 is 0 Å². The molecule has 5 heteroatoms. The number of rotatable bonds is 11. The zero-order chi connectivity index (χ0) is 17.0. The fourth-order valence-electron chi connectivity index (χ4n) is 2.44. The molecule has 0 spiro atoms. The highest BCUT2D eigenvalue weighted by Gasteiger charge is 2.06. The first-order chi connectivity index (χ1) is 11.8. The average Bonchev–Trinajstić information content (AvgIpc) is 2.60. The van der Waals surface area contributed by atoms with E-state index in [1.807, 2.05) is 0 Å². The number of nitrogens with zero attached hydrogens (tertiary/aromatic N) is 2. The number of hydrogen-bond acceptors (Lipinski definition) is 5. The Morgan fingerprint density at radius 1 is 1.08 bits per heavy atom. The van der Waals surface area contributed by atoms with Crippen molar-refractivity contribution in [3.05, 3.63) is 42.1 Å². The summed E-state index contributed by atoms with van der Waals surface area (Å²) in [6, 6.07) is 10.6. The molecule has 1 aromatic carbocycles. The second kappa shape index (κ2) is 10.5. The van der Waals surface area contributed by atoms with E-state index < -0.39 is 0 Å². The molecule has 3 N–H and O–H groups in total. The van der Waals surface area contributed by atoms with Gasteiger partial charge in [-0.05, 0) is 37.7 Å². The van der Waals surface area contributed by atoms with Crippen LogP contribution in [-0.2, 0) is 6.42 Å². The molecule has 0 aliphatic rings. The third-order valence-corrected chi connectivity index (χ3v) is 3.81. The largest absolute Gasteiger partial charge is 0.488 e. The highest BCUT2D eigenvalue weighted by molar-refractivity contribution is 5.51. The van der Waals surface area contributed by atoms with Gasteiger partial charge in [-0.2, -0.15) is 4.98 Å². The van der Waals surface area contributed by atoms with Crippen molar-refractivity contribution in [2.75, 3.05) is 24.2 Å². The molecule has 1 heterocycles. The van der Waals surface area contributed by atoms with Gasteiger partial charge in [-0.3, -0.25) is 0 Å². The average molecular weight is 328 g/mol. The third-order valence-electron chi connectivity index (χ3n) is 3.81. The first kappa shape index (κ1) is 18.0. The van der Waals surface area contributed by atoms with Gasteiger partial charge in [0.2, 0.25) is 5.95 Å². The number of ether oxygens (including phenoxy) is 1. The lowest BCUT2D eigenvalue weighted by Crippen LogP contribution is -2.09. The van der Waals surface area contributed by atoms with Gasteiger partial charge in [0.05, 0.1) is 12.8 Å². The van der Waals surface area contributed by atoms with Crippen molar-refractivity contribution in [2.45, 2.75) is 45.4 Å². The first-order valence-corrected chi connectivity index (χ1v) is 8.82. The van der Waals surface area contributed by atoms with Gasteiger partial charge in [0.1, 0.15) is 0 Å². The van der Waals surface area contributed by atoms with E-state index in [1.165, 1.54) is 12.0 Å². The summed E-state index contributed by atoms with van der Waals surface area (Å²) in [7, 11) is 0.